The lowest BCUT2D eigenvalue weighted by Crippen LogP contribution is -2.44. The van der Waals surface area contributed by atoms with Crippen LogP contribution in [0.15, 0.2) is 0 Å². The lowest BCUT2D eigenvalue weighted by Gasteiger charge is -2.27. The molecule has 0 aliphatic heterocycles. The topological polar surface area (TPSA) is 58.6 Å². The molecule has 1 amide bonds. The molecule has 0 aromatic rings. The molecule has 0 aromatic carbocycles. The Kier molecular flexibility index (Phi) is 6.30. The Morgan fingerprint density at radius 2 is 1.65 bits per heavy atom. The molecule has 2 rings (SSSR count). The summed E-state index contributed by atoms with van der Waals surface area (Å²) < 4.78 is 5.65. The summed E-state index contributed by atoms with van der Waals surface area (Å²) in [6, 6.07) is 0. The van der Waals surface area contributed by atoms with E-state index < -0.39 is 5.60 Å². The van der Waals surface area contributed by atoms with Crippen LogP contribution in [0.4, 0.5) is 0 Å². The number of amides is 1. The molecule has 4 nitrogen and oxygen atoms in total. The van der Waals surface area contributed by atoms with Gasteiger partial charge >= 0.3 is 0 Å². The molecule has 0 spiro atoms. The van der Waals surface area contributed by atoms with Crippen LogP contribution < -0.4 is 5.32 Å². The third kappa shape index (κ3) is 5.41. The Bertz CT molecular complexity index is 292. The Labute approximate surface area is 122 Å². The minimum absolute atomic E-state index is 0.0896. The lowest BCUT2D eigenvalue weighted by atomic mass is 9.94. The van der Waals surface area contributed by atoms with Crippen molar-refractivity contribution in [2.24, 2.45) is 0 Å². The fraction of sp³-hybridized carbons (Fsp3) is 0.938. The molecule has 0 unspecified atom stereocenters. The van der Waals surface area contributed by atoms with E-state index in [0.717, 1.165) is 38.5 Å². The molecule has 2 N–H and O–H groups in total. The van der Waals surface area contributed by atoms with Gasteiger partial charge in [-0.3, -0.25) is 4.79 Å². The molecule has 20 heavy (non-hydrogen) atoms. The normalized spacial score (nSPS) is 24.1. The molecule has 0 heterocycles. The first-order chi connectivity index (χ1) is 9.68. The van der Waals surface area contributed by atoms with Crippen molar-refractivity contribution in [1.29, 1.82) is 0 Å². The zero-order chi connectivity index (χ0) is 14.3. The minimum atomic E-state index is -0.697. The van der Waals surface area contributed by atoms with E-state index in [1.807, 2.05) is 0 Å². The number of ether oxygens (including phenoxy) is 1. The highest BCUT2D eigenvalue weighted by Gasteiger charge is 2.28. The van der Waals surface area contributed by atoms with Gasteiger partial charge in [0.15, 0.2) is 0 Å². The summed E-state index contributed by atoms with van der Waals surface area (Å²) in [5.74, 6) is -0.0896. The Morgan fingerprint density at radius 1 is 1.05 bits per heavy atom. The first-order valence-corrected chi connectivity index (χ1v) is 8.29. The molecule has 0 bridgehead atoms. The van der Waals surface area contributed by atoms with Crippen molar-refractivity contribution in [3.8, 4) is 0 Å². The SMILES string of the molecule is O=C(COC1CCCCC1)NCC1(O)CCCCCC1. The van der Waals surface area contributed by atoms with Crippen molar-refractivity contribution in [2.45, 2.75) is 82.3 Å². The number of carbonyl (C=O) groups excluding carboxylic acids is 1. The summed E-state index contributed by atoms with van der Waals surface area (Å²) in [4.78, 5) is 11.8. The average molecular weight is 283 g/mol. The van der Waals surface area contributed by atoms with Crippen molar-refractivity contribution in [3.05, 3.63) is 0 Å². The first kappa shape index (κ1) is 15.8. The van der Waals surface area contributed by atoms with Crippen LogP contribution in [0.3, 0.4) is 0 Å². The Hall–Kier alpha value is -0.610. The van der Waals surface area contributed by atoms with E-state index in [9.17, 15) is 9.90 Å². The highest BCUT2D eigenvalue weighted by atomic mass is 16.5. The van der Waals surface area contributed by atoms with Crippen molar-refractivity contribution in [1.82, 2.24) is 5.32 Å². The van der Waals surface area contributed by atoms with Gasteiger partial charge < -0.3 is 15.2 Å². The van der Waals surface area contributed by atoms with Crippen molar-refractivity contribution in [2.75, 3.05) is 13.2 Å². The molecule has 0 radical (unpaired) electrons. The van der Waals surface area contributed by atoms with E-state index in [1.54, 1.807) is 0 Å². The van der Waals surface area contributed by atoms with Crippen LogP contribution in [0.25, 0.3) is 0 Å². The van der Waals surface area contributed by atoms with E-state index in [1.165, 1.54) is 32.1 Å². The maximum Gasteiger partial charge on any atom is 0.246 e. The molecule has 2 fully saturated rings. The van der Waals surface area contributed by atoms with Crippen LogP contribution in [0.2, 0.25) is 0 Å². The number of hydrogen-bond donors (Lipinski definition) is 2. The maximum atomic E-state index is 11.8. The third-order valence-corrected chi connectivity index (χ3v) is 4.65. The molecular formula is C16H29NO3. The summed E-state index contributed by atoms with van der Waals surface area (Å²) in [7, 11) is 0. The quantitative estimate of drug-likeness (QED) is 0.762. The molecule has 2 aliphatic carbocycles. The lowest BCUT2D eigenvalue weighted by molar-refractivity contribution is -0.129. The van der Waals surface area contributed by atoms with Gasteiger partial charge in [-0.25, -0.2) is 0 Å². The fourth-order valence-corrected chi connectivity index (χ4v) is 3.30. The minimum Gasteiger partial charge on any atom is -0.388 e. The predicted octanol–water partition coefficient (Wildman–Crippen LogP) is 2.54. The van der Waals surface area contributed by atoms with E-state index in [4.69, 9.17) is 4.74 Å². The summed E-state index contributed by atoms with van der Waals surface area (Å²) in [6.07, 6.45) is 12.3. The summed E-state index contributed by atoms with van der Waals surface area (Å²) in [6.45, 7) is 0.514. The zero-order valence-electron chi connectivity index (χ0n) is 12.5. The second kappa shape index (κ2) is 7.99. The fourth-order valence-electron chi connectivity index (χ4n) is 3.30. The predicted molar refractivity (Wildman–Crippen MR) is 78.5 cm³/mol. The van der Waals surface area contributed by atoms with Crippen molar-refractivity contribution < 1.29 is 14.6 Å². The standard InChI is InChI=1S/C16H29NO3/c18-15(12-20-14-8-4-3-5-9-14)17-13-16(19)10-6-1-2-7-11-16/h14,19H,1-13H2,(H,17,18). The van der Waals surface area contributed by atoms with Gasteiger partial charge in [0, 0.05) is 6.54 Å². The van der Waals surface area contributed by atoms with Crippen LogP contribution in [-0.4, -0.2) is 35.9 Å². The van der Waals surface area contributed by atoms with Gasteiger partial charge in [0.1, 0.15) is 6.61 Å². The van der Waals surface area contributed by atoms with E-state index in [-0.39, 0.29) is 18.6 Å². The van der Waals surface area contributed by atoms with Gasteiger partial charge in [-0.1, -0.05) is 44.9 Å². The number of rotatable bonds is 5. The van der Waals surface area contributed by atoms with Gasteiger partial charge in [0.2, 0.25) is 5.91 Å². The molecule has 2 aliphatic rings. The van der Waals surface area contributed by atoms with Crippen LogP contribution in [-0.2, 0) is 9.53 Å². The van der Waals surface area contributed by atoms with Gasteiger partial charge in [0.25, 0.3) is 0 Å². The van der Waals surface area contributed by atoms with Gasteiger partial charge in [-0.05, 0) is 25.7 Å². The second-order valence-corrected chi connectivity index (χ2v) is 6.49. The first-order valence-electron chi connectivity index (χ1n) is 8.29. The van der Waals surface area contributed by atoms with Crippen LogP contribution in [0.1, 0.15) is 70.6 Å². The monoisotopic (exact) mass is 283 g/mol. The number of nitrogens with one attached hydrogen (secondary N) is 1. The highest BCUT2D eigenvalue weighted by molar-refractivity contribution is 5.77. The molecule has 4 heteroatoms. The molecule has 0 atom stereocenters. The summed E-state index contributed by atoms with van der Waals surface area (Å²) >= 11 is 0. The molecule has 0 saturated heterocycles. The van der Waals surface area contributed by atoms with Crippen molar-refractivity contribution in [3.63, 3.8) is 0 Å². The zero-order valence-corrected chi connectivity index (χ0v) is 12.5. The van der Waals surface area contributed by atoms with E-state index in [0.29, 0.717) is 6.54 Å². The number of hydrogen-bond acceptors (Lipinski definition) is 3. The van der Waals surface area contributed by atoms with Crippen molar-refractivity contribution >= 4 is 5.91 Å². The molecule has 2 saturated carbocycles. The van der Waals surface area contributed by atoms with Gasteiger partial charge in [0.05, 0.1) is 11.7 Å². The van der Waals surface area contributed by atoms with Gasteiger partial charge in [-0.15, -0.1) is 0 Å². The number of aliphatic hydroxyl groups is 1. The molecule has 0 aromatic heterocycles. The largest absolute Gasteiger partial charge is 0.388 e. The summed E-state index contributed by atoms with van der Waals surface area (Å²) in [5.41, 5.74) is -0.697. The van der Waals surface area contributed by atoms with Crippen LogP contribution in [0.5, 0.6) is 0 Å². The van der Waals surface area contributed by atoms with E-state index in [2.05, 4.69) is 5.32 Å². The van der Waals surface area contributed by atoms with Gasteiger partial charge in [-0.2, -0.15) is 0 Å². The molecular weight excluding hydrogens is 254 g/mol. The molecule has 116 valence electrons. The smallest absolute Gasteiger partial charge is 0.246 e. The second-order valence-electron chi connectivity index (χ2n) is 6.49. The van der Waals surface area contributed by atoms with E-state index >= 15 is 0 Å². The average Bonchev–Trinajstić information content (AvgIpc) is 2.69. The van der Waals surface area contributed by atoms with Crippen LogP contribution >= 0.6 is 0 Å². The Balaban J connectivity index is 1.63. The summed E-state index contributed by atoms with van der Waals surface area (Å²) in [5, 5.41) is 13.3. The van der Waals surface area contributed by atoms with Crippen LogP contribution in [0, 0.1) is 0 Å². The number of carbonyl (C=O) groups is 1. The third-order valence-electron chi connectivity index (χ3n) is 4.65. The Morgan fingerprint density at radius 3 is 2.30 bits per heavy atom. The highest BCUT2D eigenvalue weighted by Crippen LogP contribution is 2.26. The maximum absolute atomic E-state index is 11.8.